The summed E-state index contributed by atoms with van der Waals surface area (Å²) in [5, 5.41) is 0. The molecule has 0 rings (SSSR count). The molecule has 0 aliphatic rings. The molecule has 0 heterocycles. The van der Waals surface area contributed by atoms with Crippen molar-refractivity contribution in [2.75, 3.05) is 0 Å². The van der Waals surface area contributed by atoms with E-state index in [0.29, 0.717) is 5.92 Å². The molecule has 0 radical (unpaired) electrons. The van der Waals surface area contributed by atoms with Crippen LogP contribution in [0.15, 0.2) is 3.50 Å². The van der Waals surface area contributed by atoms with Gasteiger partial charge >= 0.3 is 68.7 Å². The van der Waals surface area contributed by atoms with Crippen molar-refractivity contribution in [1.82, 2.24) is 0 Å². The Morgan fingerprint density at radius 2 is 2.00 bits per heavy atom. The van der Waals surface area contributed by atoms with Crippen LogP contribution in [0.5, 0.6) is 0 Å². The maximum absolute atomic E-state index is 4.30. The van der Waals surface area contributed by atoms with E-state index in [9.17, 15) is 0 Å². The first-order valence-electron chi connectivity index (χ1n) is 3.39. The molecule has 0 amide bonds. The van der Waals surface area contributed by atoms with E-state index in [4.69, 9.17) is 0 Å². The first-order valence-corrected chi connectivity index (χ1v) is 4.29. The first kappa shape index (κ1) is 9.49. The zero-order valence-electron chi connectivity index (χ0n) is 6.64. The van der Waals surface area contributed by atoms with E-state index in [0.717, 1.165) is 0 Å². The third kappa shape index (κ3) is 2.71. The standard InChI is InChI=1S/C7H15N.Mo/c1-5-6(2)7(3,4)8;/h6H,5H2,1-4H3;. The Morgan fingerprint density at radius 1 is 1.56 bits per heavy atom. The Kier molecular flexibility index (Phi) is 3.80. The Hall–Kier alpha value is 0.488. The molecule has 0 saturated heterocycles. The fourth-order valence-electron chi connectivity index (χ4n) is 0.590. The van der Waals surface area contributed by atoms with Crippen LogP contribution in [0.25, 0.3) is 0 Å². The summed E-state index contributed by atoms with van der Waals surface area (Å²) >= 11 is 1.83. The van der Waals surface area contributed by atoms with Crippen molar-refractivity contribution >= 4 is 0 Å². The summed E-state index contributed by atoms with van der Waals surface area (Å²) < 4.78 is 4.30. The first-order chi connectivity index (χ1) is 4.04. The summed E-state index contributed by atoms with van der Waals surface area (Å²) in [5.41, 5.74) is 0.180. The molecule has 9 heavy (non-hydrogen) atoms. The van der Waals surface area contributed by atoms with Crippen molar-refractivity contribution in [1.29, 1.82) is 0 Å². The average molecular weight is 209 g/mol. The van der Waals surface area contributed by atoms with E-state index >= 15 is 0 Å². The fraction of sp³-hybridized carbons (Fsp3) is 1.00. The summed E-state index contributed by atoms with van der Waals surface area (Å²) in [6.45, 7) is 8.82. The number of rotatable bonds is 3. The van der Waals surface area contributed by atoms with Crippen molar-refractivity contribution in [3.8, 4) is 0 Å². The van der Waals surface area contributed by atoms with Crippen LogP contribution in [-0.4, -0.2) is 5.54 Å². The molecule has 0 aromatic rings. The molecule has 54 valence electrons. The predicted octanol–water partition coefficient (Wildman–Crippen LogP) is 2.54. The van der Waals surface area contributed by atoms with Gasteiger partial charge in [-0.25, -0.2) is 0 Å². The molecular formula is C7H15MoN. The second-order valence-corrected chi connectivity index (χ2v) is 3.50. The summed E-state index contributed by atoms with van der Waals surface area (Å²) in [4.78, 5) is 0. The van der Waals surface area contributed by atoms with Gasteiger partial charge in [-0.3, -0.25) is 0 Å². The molecule has 0 aromatic carbocycles. The Labute approximate surface area is 69.0 Å². The number of hydrogen-bond donors (Lipinski definition) is 0. The number of nitrogens with zero attached hydrogens (tertiary/aromatic N) is 1. The van der Waals surface area contributed by atoms with Gasteiger partial charge in [0.1, 0.15) is 0 Å². The number of hydrogen-bond acceptors (Lipinski definition) is 1. The molecule has 1 atom stereocenters. The molecule has 0 spiro atoms. The van der Waals surface area contributed by atoms with Gasteiger partial charge in [-0.05, 0) is 0 Å². The Balaban J connectivity index is 3.95. The molecule has 2 heteroatoms. The third-order valence-corrected chi connectivity index (χ3v) is 3.21. The van der Waals surface area contributed by atoms with Crippen LogP contribution in [-0.2, 0) is 19.6 Å². The zero-order valence-corrected chi connectivity index (χ0v) is 8.65. The van der Waals surface area contributed by atoms with Crippen LogP contribution in [0.3, 0.4) is 0 Å². The maximum atomic E-state index is 4.30. The van der Waals surface area contributed by atoms with Gasteiger partial charge in [0.2, 0.25) is 0 Å². The van der Waals surface area contributed by atoms with Gasteiger partial charge in [-0.15, -0.1) is 0 Å². The fourth-order valence-corrected chi connectivity index (χ4v) is 1.03. The van der Waals surface area contributed by atoms with Crippen LogP contribution in [0.4, 0.5) is 0 Å². The van der Waals surface area contributed by atoms with Crippen LogP contribution >= 0.6 is 0 Å². The summed E-state index contributed by atoms with van der Waals surface area (Å²) in [5.74, 6) is 0.699. The molecule has 0 bridgehead atoms. The SMILES string of the molecule is CCC(C)C(C)(C)[N]=[Mo]. The van der Waals surface area contributed by atoms with Crippen molar-refractivity contribution in [2.24, 2.45) is 9.41 Å². The molecule has 1 unspecified atom stereocenters. The molecule has 0 aromatic heterocycles. The van der Waals surface area contributed by atoms with Gasteiger partial charge in [-0.2, -0.15) is 0 Å². The van der Waals surface area contributed by atoms with E-state index in [2.05, 4.69) is 31.2 Å². The Bertz CT molecular complexity index is 99.1. The van der Waals surface area contributed by atoms with E-state index in [1.807, 2.05) is 19.6 Å². The van der Waals surface area contributed by atoms with Gasteiger partial charge in [0.25, 0.3) is 0 Å². The van der Waals surface area contributed by atoms with Crippen LogP contribution in [0.2, 0.25) is 0 Å². The Morgan fingerprint density at radius 3 is 2.11 bits per heavy atom. The monoisotopic (exact) mass is 211 g/mol. The minimum atomic E-state index is 0.180. The zero-order chi connectivity index (χ0) is 7.49. The van der Waals surface area contributed by atoms with Gasteiger partial charge in [-0.1, -0.05) is 0 Å². The summed E-state index contributed by atoms with van der Waals surface area (Å²) in [6, 6.07) is 0. The molecule has 0 saturated carbocycles. The second kappa shape index (κ2) is 3.61. The van der Waals surface area contributed by atoms with Crippen molar-refractivity contribution in [2.45, 2.75) is 39.7 Å². The van der Waals surface area contributed by atoms with Crippen molar-refractivity contribution in [3.05, 3.63) is 0 Å². The molecule has 0 fully saturated rings. The van der Waals surface area contributed by atoms with Gasteiger partial charge in [0, 0.05) is 0 Å². The molecule has 0 N–H and O–H groups in total. The topological polar surface area (TPSA) is 12.4 Å². The quantitative estimate of drug-likeness (QED) is 0.633. The van der Waals surface area contributed by atoms with E-state index in [1.165, 1.54) is 6.42 Å². The summed E-state index contributed by atoms with van der Waals surface area (Å²) in [6.07, 6.45) is 1.21. The van der Waals surface area contributed by atoms with E-state index in [1.54, 1.807) is 0 Å². The summed E-state index contributed by atoms with van der Waals surface area (Å²) in [7, 11) is 0. The van der Waals surface area contributed by atoms with Crippen LogP contribution in [0.1, 0.15) is 34.1 Å². The average Bonchev–Trinajstić information content (AvgIpc) is 1.86. The third-order valence-electron chi connectivity index (χ3n) is 2.05. The minimum absolute atomic E-state index is 0.180. The molecular weight excluding hydrogens is 194 g/mol. The van der Waals surface area contributed by atoms with E-state index in [-0.39, 0.29) is 5.54 Å². The van der Waals surface area contributed by atoms with Gasteiger partial charge in [0.15, 0.2) is 0 Å². The van der Waals surface area contributed by atoms with Gasteiger partial charge < -0.3 is 0 Å². The molecule has 0 aliphatic carbocycles. The van der Waals surface area contributed by atoms with Gasteiger partial charge in [0.05, 0.1) is 0 Å². The van der Waals surface area contributed by atoms with Crippen LogP contribution in [0, 0.1) is 5.92 Å². The normalized spacial score (nSPS) is 15.1. The second-order valence-electron chi connectivity index (χ2n) is 3.05. The van der Waals surface area contributed by atoms with Crippen molar-refractivity contribution in [3.63, 3.8) is 0 Å². The molecule has 1 nitrogen and oxygen atoms in total. The van der Waals surface area contributed by atoms with Crippen LogP contribution < -0.4 is 0 Å². The molecule has 0 aliphatic heterocycles. The predicted molar refractivity (Wildman–Crippen MR) is 36.0 cm³/mol. The van der Waals surface area contributed by atoms with Crippen molar-refractivity contribution < 1.29 is 19.6 Å². The van der Waals surface area contributed by atoms with E-state index < -0.39 is 0 Å².